The van der Waals surface area contributed by atoms with Crippen molar-refractivity contribution in [3.63, 3.8) is 0 Å². The lowest BCUT2D eigenvalue weighted by molar-refractivity contribution is 0.380. The number of anilines is 1. The van der Waals surface area contributed by atoms with Crippen molar-refractivity contribution in [2.24, 2.45) is 0 Å². The van der Waals surface area contributed by atoms with E-state index in [2.05, 4.69) is 0 Å². The van der Waals surface area contributed by atoms with Crippen molar-refractivity contribution in [2.45, 2.75) is 11.8 Å². The largest absolute Gasteiger partial charge is 0.366 e. The zero-order valence-corrected chi connectivity index (χ0v) is 14.7. The van der Waals surface area contributed by atoms with Crippen molar-refractivity contribution in [1.29, 1.82) is 0 Å². The van der Waals surface area contributed by atoms with Gasteiger partial charge in [-0.05, 0) is 42.8 Å². The molecule has 0 saturated carbocycles. The third kappa shape index (κ3) is 3.28. The van der Waals surface area contributed by atoms with Crippen LogP contribution in [0.2, 0.25) is 0 Å². The zero-order chi connectivity index (χ0) is 19.1. The lowest BCUT2D eigenvalue weighted by Crippen LogP contribution is -2.49. The van der Waals surface area contributed by atoms with Crippen LogP contribution in [-0.4, -0.2) is 38.9 Å². The molecule has 3 rings (SSSR count). The molecule has 0 aliphatic carbocycles. The molecule has 9 heteroatoms. The number of aryl methyl sites for hydroxylation is 1. The Balaban J connectivity index is 1.79. The standard InChI is InChI=1S/C17H16F4N2O2S/c1-11-10-12(18)2-5-15(11)26(24,25)23-8-6-22(7-9-23)14-4-3-13(19)16(20)17(14)21/h2-5,10H,6-9H2,1H3. The van der Waals surface area contributed by atoms with Crippen molar-refractivity contribution < 1.29 is 26.0 Å². The maximum atomic E-state index is 13.9. The maximum absolute atomic E-state index is 13.9. The summed E-state index contributed by atoms with van der Waals surface area (Å²) in [6.07, 6.45) is 0. The quantitative estimate of drug-likeness (QED) is 0.600. The van der Waals surface area contributed by atoms with Crippen LogP contribution in [0.3, 0.4) is 0 Å². The molecule has 1 fully saturated rings. The van der Waals surface area contributed by atoms with Crippen LogP contribution >= 0.6 is 0 Å². The molecule has 1 aliphatic heterocycles. The number of benzene rings is 2. The molecule has 1 aliphatic rings. The van der Waals surface area contributed by atoms with Gasteiger partial charge in [-0.1, -0.05) is 0 Å². The SMILES string of the molecule is Cc1cc(F)ccc1S(=O)(=O)N1CCN(c2ccc(F)c(F)c2F)CC1. The van der Waals surface area contributed by atoms with E-state index >= 15 is 0 Å². The van der Waals surface area contributed by atoms with E-state index in [4.69, 9.17) is 0 Å². The Kier molecular flexibility index (Phi) is 4.94. The number of halogens is 4. The van der Waals surface area contributed by atoms with Crippen LogP contribution < -0.4 is 4.90 Å². The summed E-state index contributed by atoms with van der Waals surface area (Å²) in [7, 11) is -3.83. The van der Waals surface area contributed by atoms with Gasteiger partial charge >= 0.3 is 0 Å². The van der Waals surface area contributed by atoms with Gasteiger partial charge < -0.3 is 4.90 Å². The monoisotopic (exact) mass is 388 g/mol. The molecule has 0 radical (unpaired) electrons. The van der Waals surface area contributed by atoms with E-state index in [-0.39, 0.29) is 36.8 Å². The average molecular weight is 388 g/mol. The Bertz CT molecular complexity index is 942. The lowest BCUT2D eigenvalue weighted by Gasteiger charge is -2.35. The smallest absolute Gasteiger partial charge is 0.243 e. The molecule has 2 aromatic rings. The van der Waals surface area contributed by atoms with Crippen molar-refractivity contribution in [1.82, 2.24) is 4.31 Å². The summed E-state index contributed by atoms with van der Waals surface area (Å²) >= 11 is 0. The van der Waals surface area contributed by atoms with Crippen LogP contribution in [0.15, 0.2) is 35.2 Å². The van der Waals surface area contributed by atoms with Crippen molar-refractivity contribution in [2.75, 3.05) is 31.1 Å². The first-order chi connectivity index (χ1) is 12.2. The Morgan fingerprint density at radius 2 is 1.54 bits per heavy atom. The minimum atomic E-state index is -3.83. The van der Waals surface area contributed by atoms with Gasteiger partial charge in [-0.2, -0.15) is 4.31 Å². The van der Waals surface area contributed by atoms with Gasteiger partial charge in [-0.3, -0.25) is 0 Å². The number of hydrogen-bond donors (Lipinski definition) is 0. The molecular formula is C17H16F4N2O2S. The highest BCUT2D eigenvalue weighted by atomic mass is 32.2. The molecule has 2 aromatic carbocycles. The fourth-order valence-corrected chi connectivity index (χ4v) is 4.60. The Hall–Kier alpha value is -2.13. The number of rotatable bonds is 3. The molecule has 0 spiro atoms. The topological polar surface area (TPSA) is 40.6 Å². The summed E-state index contributed by atoms with van der Waals surface area (Å²) in [5.41, 5.74) is 0.179. The van der Waals surface area contributed by atoms with Gasteiger partial charge in [0.25, 0.3) is 0 Å². The molecule has 1 heterocycles. The molecule has 140 valence electrons. The predicted octanol–water partition coefficient (Wildman–Crippen LogP) is 3.06. The minimum absolute atomic E-state index is 0.00589. The number of nitrogens with zero attached hydrogens (tertiary/aromatic N) is 2. The Morgan fingerprint density at radius 1 is 0.885 bits per heavy atom. The van der Waals surface area contributed by atoms with Crippen LogP contribution in [0, 0.1) is 30.2 Å². The lowest BCUT2D eigenvalue weighted by atomic mass is 10.2. The first kappa shape index (κ1) is 18.7. The first-order valence-electron chi connectivity index (χ1n) is 7.86. The zero-order valence-electron chi connectivity index (χ0n) is 13.8. The van der Waals surface area contributed by atoms with Crippen molar-refractivity contribution in [3.05, 3.63) is 59.2 Å². The summed E-state index contributed by atoms with van der Waals surface area (Å²) in [5.74, 6) is -4.66. The Labute approximate surface area is 148 Å². The van der Waals surface area contributed by atoms with Gasteiger partial charge in [0.2, 0.25) is 10.0 Å². The molecule has 0 bridgehead atoms. The third-order valence-electron chi connectivity index (χ3n) is 4.35. The average Bonchev–Trinajstić information content (AvgIpc) is 2.60. The number of hydrogen-bond acceptors (Lipinski definition) is 3. The molecule has 0 aromatic heterocycles. The maximum Gasteiger partial charge on any atom is 0.243 e. The van der Waals surface area contributed by atoms with E-state index in [9.17, 15) is 26.0 Å². The second-order valence-electron chi connectivity index (χ2n) is 6.00. The fourth-order valence-electron chi connectivity index (χ4n) is 2.97. The highest BCUT2D eigenvalue weighted by molar-refractivity contribution is 7.89. The van der Waals surface area contributed by atoms with E-state index in [1.807, 2.05) is 0 Å². The summed E-state index contributed by atoms with van der Waals surface area (Å²) in [4.78, 5) is 1.47. The first-order valence-corrected chi connectivity index (χ1v) is 9.30. The molecular weight excluding hydrogens is 372 g/mol. The van der Waals surface area contributed by atoms with Crippen LogP contribution in [0.25, 0.3) is 0 Å². The summed E-state index contributed by atoms with van der Waals surface area (Å²) in [6, 6.07) is 5.38. The molecule has 0 amide bonds. The summed E-state index contributed by atoms with van der Waals surface area (Å²) < 4.78 is 80.2. The van der Waals surface area contributed by atoms with Gasteiger partial charge in [0.1, 0.15) is 5.82 Å². The summed E-state index contributed by atoms with van der Waals surface area (Å²) in [5, 5.41) is 0. The van der Waals surface area contributed by atoms with E-state index < -0.39 is 33.3 Å². The molecule has 4 nitrogen and oxygen atoms in total. The van der Waals surface area contributed by atoms with E-state index in [0.29, 0.717) is 5.56 Å². The highest BCUT2D eigenvalue weighted by Gasteiger charge is 2.31. The third-order valence-corrected chi connectivity index (χ3v) is 6.41. The van der Waals surface area contributed by atoms with Crippen LogP contribution in [-0.2, 0) is 10.0 Å². The van der Waals surface area contributed by atoms with Gasteiger partial charge in [-0.25, -0.2) is 26.0 Å². The van der Waals surface area contributed by atoms with E-state index in [1.165, 1.54) is 22.2 Å². The predicted molar refractivity (Wildman–Crippen MR) is 88.4 cm³/mol. The van der Waals surface area contributed by atoms with Crippen LogP contribution in [0.4, 0.5) is 23.2 Å². The van der Waals surface area contributed by atoms with Crippen molar-refractivity contribution >= 4 is 15.7 Å². The van der Waals surface area contributed by atoms with Crippen LogP contribution in [0.1, 0.15) is 5.56 Å². The normalized spacial score (nSPS) is 16.1. The van der Waals surface area contributed by atoms with Crippen LogP contribution in [0.5, 0.6) is 0 Å². The summed E-state index contributed by atoms with van der Waals surface area (Å²) in [6.45, 7) is 1.81. The van der Waals surface area contributed by atoms with E-state index in [1.54, 1.807) is 0 Å². The van der Waals surface area contributed by atoms with Gasteiger partial charge in [0.15, 0.2) is 17.5 Å². The molecule has 0 N–H and O–H groups in total. The number of sulfonamides is 1. The molecule has 1 saturated heterocycles. The molecule has 0 atom stereocenters. The Morgan fingerprint density at radius 3 is 2.15 bits per heavy atom. The van der Waals surface area contributed by atoms with Gasteiger partial charge in [-0.15, -0.1) is 0 Å². The van der Waals surface area contributed by atoms with Gasteiger partial charge in [0.05, 0.1) is 10.6 Å². The second kappa shape index (κ2) is 6.88. The van der Waals surface area contributed by atoms with E-state index in [0.717, 1.165) is 24.3 Å². The fraction of sp³-hybridized carbons (Fsp3) is 0.294. The minimum Gasteiger partial charge on any atom is -0.366 e. The second-order valence-corrected chi connectivity index (χ2v) is 7.90. The highest BCUT2D eigenvalue weighted by Crippen LogP contribution is 2.27. The van der Waals surface area contributed by atoms with Gasteiger partial charge in [0, 0.05) is 26.2 Å². The number of piperazine rings is 1. The molecule has 0 unspecified atom stereocenters. The molecule has 26 heavy (non-hydrogen) atoms. The van der Waals surface area contributed by atoms with Crippen molar-refractivity contribution in [3.8, 4) is 0 Å².